The molecule has 5 nitrogen and oxygen atoms in total. The molecule has 0 unspecified atom stereocenters. The van der Waals surface area contributed by atoms with E-state index in [1.807, 2.05) is 0 Å². The Hall–Kier alpha value is -3.02. The summed E-state index contributed by atoms with van der Waals surface area (Å²) in [4.78, 5) is 21.9. The first-order valence-corrected chi connectivity index (χ1v) is 6.94. The number of non-ortho nitro benzene ring substituents is 1. The van der Waals surface area contributed by atoms with E-state index >= 15 is 0 Å². The van der Waals surface area contributed by atoms with Crippen molar-refractivity contribution in [2.24, 2.45) is 0 Å². The third-order valence-corrected chi connectivity index (χ3v) is 3.26. The molecule has 6 heteroatoms. The number of benzene rings is 2. The van der Waals surface area contributed by atoms with Crippen molar-refractivity contribution in [2.45, 2.75) is 13.0 Å². The number of nitrogens with one attached hydrogen (secondary N) is 1. The molecule has 0 aliphatic rings. The van der Waals surface area contributed by atoms with Gasteiger partial charge in [-0.25, -0.2) is 4.39 Å². The van der Waals surface area contributed by atoms with Crippen LogP contribution in [0, 0.1) is 15.9 Å². The summed E-state index contributed by atoms with van der Waals surface area (Å²) in [5, 5.41) is 13.3. The number of nitrogens with zero attached hydrogens (tertiary/aromatic N) is 1. The van der Waals surface area contributed by atoms with Gasteiger partial charge in [-0.2, -0.15) is 0 Å². The van der Waals surface area contributed by atoms with Crippen LogP contribution in [-0.2, 0) is 4.79 Å². The molecule has 0 spiro atoms. The summed E-state index contributed by atoms with van der Waals surface area (Å²) >= 11 is 0. The van der Waals surface area contributed by atoms with Crippen molar-refractivity contribution in [3.05, 3.63) is 81.7 Å². The predicted molar refractivity (Wildman–Crippen MR) is 85.1 cm³/mol. The Kier molecular flexibility index (Phi) is 5.19. The second kappa shape index (κ2) is 7.31. The third kappa shape index (κ3) is 4.74. The van der Waals surface area contributed by atoms with Gasteiger partial charge in [0.25, 0.3) is 5.69 Å². The molecule has 2 aromatic carbocycles. The second-order valence-electron chi connectivity index (χ2n) is 4.96. The minimum atomic E-state index is -0.482. The molecule has 1 N–H and O–H groups in total. The summed E-state index contributed by atoms with van der Waals surface area (Å²) in [6.07, 6.45) is 2.91. The van der Waals surface area contributed by atoms with Crippen molar-refractivity contribution in [2.75, 3.05) is 0 Å². The van der Waals surface area contributed by atoms with E-state index in [0.717, 1.165) is 5.56 Å². The fourth-order valence-electron chi connectivity index (χ4n) is 1.98. The molecule has 0 radical (unpaired) electrons. The van der Waals surface area contributed by atoms with Crippen LogP contribution in [0.15, 0.2) is 54.6 Å². The molecular weight excluding hydrogens is 299 g/mol. The van der Waals surface area contributed by atoms with Crippen LogP contribution in [0.4, 0.5) is 10.1 Å². The molecule has 2 rings (SSSR count). The van der Waals surface area contributed by atoms with Gasteiger partial charge in [0.2, 0.25) is 5.91 Å². The highest BCUT2D eigenvalue weighted by molar-refractivity contribution is 5.92. The quantitative estimate of drug-likeness (QED) is 0.520. The lowest BCUT2D eigenvalue weighted by Crippen LogP contribution is -2.24. The highest BCUT2D eigenvalue weighted by Crippen LogP contribution is 2.14. The Morgan fingerprint density at radius 2 is 1.78 bits per heavy atom. The van der Waals surface area contributed by atoms with Crippen LogP contribution in [0.5, 0.6) is 0 Å². The SMILES string of the molecule is C[C@@H](NC(=O)/C=C/c1ccc([N+](=O)[O-])cc1)c1ccc(F)cc1. The van der Waals surface area contributed by atoms with Crippen molar-refractivity contribution in [3.63, 3.8) is 0 Å². The highest BCUT2D eigenvalue weighted by atomic mass is 19.1. The molecule has 0 saturated carbocycles. The lowest BCUT2D eigenvalue weighted by Gasteiger charge is -2.12. The summed E-state index contributed by atoms with van der Waals surface area (Å²) < 4.78 is 12.9. The van der Waals surface area contributed by atoms with Gasteiger partial charge < -0.3 is 5.32 Å². The first-order chi connectivity index (χ1) is 11.0. The average Bonchev–Trinajstić information content (AvgIpc) is 2.54. The topological polar surface area (TPSA) is 72.2 Å². The number of amides is 1. The minimum absolute atomic E-state index is 0.00321. The molecule has 2 aromatic rings. The molecule has 1 amide bonds. The van der Waals surface area contributed by atoms with E-state index in [1.54, 1.807) is 37.3 Å². The van der Waals surface area contributed by atoms with Gasteiger partial charge in [-0.05, 0) is 48.4 Å². The van der Waals surface area contributed by atoms with Crippen LogP contribution >= 0.6 is 0 Å². The van der Waals surface area contributed by atoms with E-state index in [9.17, 15) is 19.3 Å². The molecule has 23 heavy (non-hydrogen) atoms. The minimum Gasteiger partial charge on any atom is -0.346 e. The zero-order valence-corrected chi connectivity index (χ0v) is 12.4. The number of hydrogen-bond donors (Lipinski definition) is 1. The molecule has 0 aliphatic carbocycles. The monoisotopic (exact) mass is 314 g/mol. The van der Waals surface area contributed by atoms with E-state index in [4.69, 9.17) is 0 Å². The van der Waals surface area contributed by atoms with Gasteiger partial charge in [-0.15, -0.1) is 0 Å². The molecule has 0 aliphatic heterocycles. The molecule has 0 bridgehead atoms. The molecule has 0 heterocycles. The van der Waals surface area contributed by atoms with Gasteiger partial charge >= 0.3 is 0 Å². The number of carbonyl (C=O) groups is 1. The summed E-state index contributed by atoms with van der Waals surface area (Å²) in [6, 6.07) is 11.5. The van der Waals surface area contributed by atoms with Crippen LogP contribution in [-0.4, -0.2) is 10.8 Å². The first-order valence-electron chi connectivity index (χ1n) is 6.94. The summed E-state index contributed by atoms with van der Waals surface area (Å²) in [5.74, 6) is -0.634. The highest BCUT2D eigenvalue weighted by Gasteiger charge is 2.07. The van der Waals surface area contributed by atoms with Crippen LogP contribution in [0.2, 0.25) is 0 Å². The maximum Gasteiger partial charge on any atom is 0.269 e. The van der Waals surface area contributed by atoms with Crippen LogP contribution in [0.25, 0.3) is 6.08 Å². The number of halogens is 1. The Labute approximate surface area is 132 Å². The van der Waals surface area contributed by atoms with Crippen molar-refractivity contribution in [3.8, 4) is 0 Å². The fraction of sp³-hybridized carbons (Fsp3) is 0.118. The van der Waals surface area contributed by atoms with Crippen LogP contribution in [0.3, 0.4) is 0 Å². The van der Waals surface area contributed by atoms with Crippen LogP contribution < -0.4 is 5.32 Å². The van der Waals surface area contributed by atoms with Gasteiger partial charge in [-0.3, -0.25) is 14.9 Å². The van der Waals surface area contributed by atoms with E-state index in [2.05, 4.69) is 5.32 Å². The maximum absolute atomic E-state index is 12.9. The zero-order valence-electron chi connectivity index (χ0n) is 12.4. The van der Waals surface area contributed by atoms with E-state index in [-0.39, 0.29) is 23.5 Å². The lowest BCUT2D eigenvalue weighted by molar-refractivity contribution is -0.384. The van der Waals surface area contributed by atoms with Crippen LogP contribution in [0.1, 0.15) is 24.1 Å². The lowest BCUT2D eigenvalue weighted by atomic mass is 10.1. The Morgan fingerprint density at radius 3 is 2.35 bits per heavy atom. The second-order valence-corrected chi connectivity index (χ2v) is 4.96. The van der Waals surface area contributed by atoms with E-state index < -0.39 is 4.92 Å². The maximum atomic E-state index is 12.9. The van der Waals surface area contributed by atoms with Crippen molar-refractivity contribution in [1.82, 2.24) is 5.32 Å². The van der Waals surface area contributed by atoms with E-state index in [1.165, 1.54) is 30.3 Å². The Morgan fingerprint density at radius 1 is 1.17 bits per heavy atom. The van der Waals surface area contributed by atoms with Crippen molar-refractivity contribution >= 4 is 17.7 Å². The van der Waals surface area contributed by atoms with Gasteiger partial charge in [-0.1, -0.05) is 12.1 Å². The molecule has 0 saturated heterocycles. The number of rotatable bonds is 5. The predicted octanol–water partition coefficient (Wildman–Crippen LogP) is 3.62. The number of carbonyl (C=O) groups excluding carboxylic acids is 1. The summed E-state index contributed by atoms with van der Waals surface area (Å²) in [5.41, 5.74) is 1.47. The van der Waals surface area contributed by atoms with Crippen molar-refractivity contribution < 1.29 is 14.1 Å². The smallest absolute Gasteiger partial charge is 0.269 e. The third-order valence-electron chi connectivity index (χ3n) is 3.26. The van der Waals surface area contributed by atoms with Gasteiger partial charge in [0.1, 0.15) is 5.82 Å². The molecular formula is C17H15FN2O3. The molecule has 0 aromatic heterocycles. The number of hydrogen-bond acceptors (Lipinski definition) is 3. The van der Waals surface area contributed by atoms with Gasteiger partial charge in [0, 0.05) is 18.2 Å². The van der Waals surface area contributed by atoms with Gasteiger partial charge in [0.05, 0.1) is 11.0 Å². The Bertz CT molecular complexity index is 725. The van der Waals surface area contributed by atoms with Crippen molar-refractivity contribution in [1.29, 1.82) is 0 Å². The number of nitro groups is 1. The molecule has 118 valence electrons. The molecule has 0 fully saturated rings. The fourth-order valence-corrected chi connectivity index (χ4v) is 1.98. The first kappa shape index (κ1) is 16.4. The normalized spacial score (nSPS) is 12.1. The van der Waals surface area contributed by atoms with E-state index in [0.29, 0.717) is 5.56 Å². The zero-order chi connectivity index (χ0) is 16.8. The summed E-state index contributed by atoms with van der Waals surface area (Å²) in [6.45, 7) is 1.80. The number of nitro benzene ring substituents is 1. The van der Waals surface area contributed by atoms with Gasteiger partial charge in [0.15, 0.2) is 0 Å². The summed E-state index contributed by atoms with van der Waals surface area (Å²) in [7, 11) is 0. The Balaban J connectivity index is 1.95. The largest absolute Gasteiger partial charge is 0.346 e. The molecule has 1 atom stereocenters. The average molecular weight is 314 g/mol. The standard InChI is InChI=1S/C17H15FN2O3/c1-12(14-5-7-15(18)8-6-14)19-17(21)11-4-13-2-9-16(10-3-13)20(22)23/h2-12H,1H3,(H,19,21)/b11-4+/t12-/m1/s1.